The predicted molar refractivity (Wildman–Crippen MR) is 67.3 cm³/mol. The number of fused-ring (bicyclic) bond motifs is 1. The summed E-state index contributed by atoms with van der Waals surface area (Å²) in [6.45, 7) is 0.500. The normalized spacial score (nSPS) is 10.6. The Morgan fingerprint density at radius 2 is 2.19 bits per heavy atom. The molecular formula is C11H13N3OS. The van der Waals surface area contributed by atoms with Gasteiger partial charge in [-0.3, -0.25) is 4.31 Å². The van der Waals surface area contributed by atoms with E-state index in [9.17, 15) is 4.79 Å². The van der Waals surface area contributed by atoms with Crippen LogP contribution < -0.4 is 5.73 Å². The number of H-pyrrole nitrogens is 1. The van der Waals surface area contributed by atoms with Gasteiger partial charge in [0.15, 0.2) is 0 Å². The maximum absolute atomic E-state index is 10.8. The predicted octanol–water partition coefficient (Wildman–Crippen LogP) is 1.94. The highest BCUT2D eigenvalue weighted by Gasteiger charge is 2.07. The Morgan fingerprint density at radius 1 is 1.44 bits per heavy atom. The van der Waals surface area contributed by atoms with Crippen LogP contribution in [0.25, 0.3) is 10.9 Å². The van der Waals surface area contributed by atoms with Gasteiger partial charge >= 0.3 is 6.03 Å². The van der Waals surface area contributed by atoms with E-state index in [-0.39, 0.29) is 0 Å². The number of hydrogen-bond donors (Lipinski definition) is 3. The van der Waals surface area contributed by atoms with Crippen LogP contribution in [-0.2, 0) is 6.42 Å². The van der Waals surface area contributed by atoms with Crippen LogP contribution in [0.15, 0.2) is 30.5 Å². The minimum absolute atomic E-state index is 0.500. The van der Waals surface area contributed by atoms with Crippen molar-refractivity contribution in [2.45, 2.75) is 6.42 Å². The third-order valence-electron chi connectivity index (χ3n) is 2.52. The molecule has 0 aliphatic heterocycles. The second-order valence-corrected chi connectivity index (χ2v) is 4.05. The van der Waals surface area contributed by atoms with Crippen molar-refractivity contribution in [3.05, 3.63) is 36.0 Å². The molecule has 84 valence electrons. The number of nitrogens with two attached hydrogens (primary N) is 1. The molecule has 2 aromatic rings. The van der Waals surface area contributed by atoms with Crippen LogP contribution in [0.2, 0.25) is 0 Å². The minimum atomic E-state index is -0.525. The van der Waals surface area contributed by atoms with Crippen LogP contribution in [-0.4, -0.2) is 21.9 Å². The van der Waals surface area contributed by atoms with E-state index in [4.69, 9.17) is 5.73 Å². The molecule has 2 amide bonds. The fourth-order valence-corrected chi connectivity index (χ4v) is 1.77. The molecule has 0 atom stereocenters. The quantitative estimate of drug-likeness (QED) is 0.699. The van der Waals surface area contributed by atoms with Gasteiger partial charge in [0.2, 0.25) is 0 Å². The van der Waals surface area contributed by atoms with E-state index in [1.54, 1.807) is 0 Å². The second-order valence-electron chi connectivity index (χ2n) is 3.57. The van der Waals surface area contributed by atoms with Crippen molar-refractivity contribution in [2.24, 2.45) is 5.73 Å². The first-order valence-corrected chi connectivity index (χ1v) is 5.39. The van der Waals surface area contributed by atoms with Crippen LogP contribution in [0.1, 0.15) is 5.56 Å². The third kappa shape index (κ3) is 2.14. The molecule has 5 heteroatoms. The first-order valence-electron chi connectivity index (χ1n) is 4.99. The van der Waals surface area contributed by atoms with Gasteiger partial charge in [0.1, 0.15) is 0 Å². The van der Waals surface area contributed by atoms with Gasteiger partial charge in [0.05, 0.1) is 0 Å². The Hall–Kier alpha value is -1.62. The number of para-hydroxylation sites is 1. The first-order chi connectivity index (χ1) is 7.68. The molecule has 0 aliphatic rings. The smallest absolute Gasteiger partial charge is 0.324 e. The van der Waals surface area contributed by atoms with Crippen molar-refractivity contribution >= 4 is 29.7 Å². The molecule has 3 N–H and O–H groups in total. The SMILES string of the molecule is NC(=O)N(S)CCc1c[nH]c2ccccc12. The molecule has 16 heavy (non-hydrogen) atoms. The maximum atomic E-state index is 10.8. The van der Waals surface area contributed by atoms with E-state index in [1.807, 2.05) is 30.5 Å². The number of aromatic nitrogens is 1. The number of nitrogens with one attached hydrogen (secondary N) is 1. The van der Waals surface area contributed by atoms with Crippen LogP contribution in [0, 0.1) is 0 Å². The number of rotatable bonds is 3. The molecule has 1 aromatic heterocycles. The highest BCUT2D eigenvalue weighted by Crippen LogP contribution is 2.18. The molecule has 4 nitrogen and oxygen atoms in total. The zero-order valence-electron chi connectivity index (χ0n) is 8.68. The number of thiol groups is 1. The van der Waals surface area contributed by atoms with Gasteiger partial charge in [-0.15, -0.1) is 0 Å². The van der Waals surface area contributed by atoms with Crippen molar-refractivity contribution < 1.29 is 4.79 Å². The molecule has 0 fully saturated rings. The van der Waals surface area contributed by atoms with Crippen LogP contribution in [0.4, 0.5) is 4.79 Å². The average Bonchev–Trinajstić information content (AvgIpc) is 2.69. The number of hydrogen-bond acceptors (Lipinski definition) is 2. The summed E-state index contributed by atoms with van der Waals surface area (Å²) in [5.41, 5.74) is 7.35. The van der Waals surface area contributed by atoms with Crippen molar-refractivity contribution in [3.8, 4) is 0 Å². The molecule has 0 saturated carbocycles. The molecular weight excluding hydrogens is 222 g/mol. The van der Waals surface area contributed by atoms with Gasteiger partial charge in [-0.05, 0) is 18.1 Å². The Balaban J connectivity index is 2.13. The van der Waals surface area contributed by atoms with Crippen LogP contribution >= 0.6 is 12.8 Å². The molecule has 1 heterocycles. The topological polar surface area (TPSA) is 62.1 Å². The summed E-state index contributed by atoms with van der Waals surface area (Å²) in [6, 6.07) is 7.52. The van der Waals surface area contributed by atoms with Gasteiger partial charge in [0, 0.05) is 23.6 Å². The van der Waals surface area contributed by atoms with E-state index in [1.165, 1.54) is 9.69 Å². The summed E-state index contributed by atoms with van der Waals surface area (Å²) in [5.74, 6) is 0. The molecule has 0 bridgehead atoms. The first kappa shape index (κ1) is 10.9. The molecule has 0 radical (unpaired) electrons. The van der Waals surface area contributed by atoms with E-state index in [2.05, 4.69) is 17.8 Å². The lowest BCUT2D eigenvalue weighted by molar-refractivity contribution is 0.235. The summed E-state index contributed by atoms with van der Waals surface area (Å²) in [4.78, 5) is 14.0. The molecule has 0 unspecified atom stereocenters. The highest BCUT2D eigenvalue weighted by molar-refractivity contribution is 7.78. The zero-order chi connectivity index (χ0) is 11.5. The number of carbonyl (C=O) groups excluding carboxylic acids is 1. The monoisotopic (exact) mass is 235 g/mol. The van der Waals surface area contributed by atoms with Crippen molar-refractivity contribution in [3.63, 3.8) is 0 Å². The Labute approximate surface area is 99.0 Å². The summed E-state index contributed by atoms with van der Waals surface area (Å²) in [7, 11) is 0. The van der Waals surface area contributed by atoms with Gasteiger partial charge in [-0.1, -0.05) is 31.0 Å². The number of benzene rings is 1. The highest BCUT2D eigenvalue weighted by atomic mass is 32.1. The van der Waals surface area contributed by atoms with Gasteiger partial charge in [0.25, 0.3) is 0 Å². The molecule has 1 aromatic carbocycles. The van der Waals surface area contributed by atoms with Crippen molar-refractivity contribution in [1.29, 1.82) is 0 Å². The van der Waals surface area contributed by atoms with Crippen molar-refractivity contribution in [1.82, 2.24) is 9.29 Å². The van der Waals surface area contributed by atoms with Gasteiger partial charge in [-0.25, -0.2) is 4.79 Å². The zero-order valence-corrected chi connectivity index (χ0v) is 9.58. The lowest BCUT2D eigenvalue weighted by Gasteiger charge is -2.11. The van der Waals surface area contributed by atoms with E-state index in [0.717, 1.165) is 17.5 Å². The van der Waals surface area contributed by atoms with Gasteiger partial charge < -0.3 is 10.7 Å². The van der Waals surface area contributed by atoms with Crippen molar-refractivity contribution in [2.75, 3.05) is 6.54 Å². The van der Waals surface area contributed by atoms with Crippen LogP contribution in [0.5, 0.6) is 0 Å². The lowest BCUT2D eigenvalue weighted by atomic mass is 10.1. The third-order valence-corrected chi connectivity index (χ3v) is 2.92. The number of nitrogens with zero attached hydrogens (tertiary/aromatic N) is 1. The van der Waals surface area contributed by atoms with E-state index >= 15 is 0 Å². The Bertz CT molecular complexity index is 509. The molecule has 0 spiro atoms. The summed E-state index contributed by atoms with van der Waals surface area (Å²) in [5, 5.41) is 1.17. The maximum Gasteiger partial charge on any atom is 0.324 e. The Morgan fingerprint density at radius 3 is 2.94 bits per heavy atom. The average molecular weight is 235 g/mol. The number of urea groups is 1. The molecule has 0 saturated heterocycles. The molecule has 0 aliphatic carbocycles. The largest absolute Gasteiger partial charge is 0.361 e. The second kappa shape index (κ2) is 4.49. The van der Waals surface area contributed by atoms with E-state index < -0.39 is 6.03 Å². The number of aromatic amines is 1. The summed E-state index contributed by atoms with van der Waals surface area (Å²) < 4.78 is 1.21. The fourth-order valence-electron chi connectivity index (χ4n) is 1.67. The standard InChI is InChI=1S/C11H13N3OS/c12-11(15)14(16)6-5-8-7-13-10-4-2-1-3-9(8)10/h1-4,7,13,16H,5-6H2,(H2,12,15). The minimum Gasteiger partial charge on any atom is -0.361 e. The van der Waals surface area contributed by atoms with Crippen LogP contribution in [0.3, 0.4) is 0 Å². The number of carbonyl (C=O) groups is 1. The lowest BCUT2D eigenvalue weighted by Crippen LogP contribution is -2.29. The Kier molecular flexibility index (Phi) is 3.05. The summed E-state index contributed by atoms with van der Waals surface area (Å²) >= 11 is 3.98. The number of amides is 2. The van der Waals surface area contributed by atoms with Gasteiger partial charge in [-0.2, -0.15) is 0 Å². The fraction of sp³-hybridized carbons (Fsp3) is 0.182. The summed E-state index contributed by atoms with van der Waals surface area (Å²) in [6.07, 6.45) is 2.68. The van der Waals surface area contributed by atoms with E-state index in [0.29, 0.717) is 6.54 Å². The molecule has 2 rings (SSSR count). The number of primary amides is 1.